The molecule has 3 aliphatic rings. The van der Waals surface area contributed by atoms with Gasteiger partial charge in [-0.3, -0.25) is 0 Å². The van der Waals surface area contributed by atoms with Crippen LogP contribution in [0.1, 0.15) is 54.4 Å². The minimum Gasteiger partial charge on any atom is -0.378 e. The Labute approximate surface area is 114 Å². The third-order valence-corrected chi connectivity index (χ3v) is 4.41. The van der Waals surface area contributed by atoms with E-state index in [0.717, 1.165) is 38.4 Å². The van der Waals surface area contributed by atoms with Gasteiger partial charge in [0, 0.05) is 44.0 Å². The molecule has 19 heavy (non-hydrogen) atoms. The second-order valence-corrected chi connectivity index (χ2v) is 5.99. The molecule has 1 saturated carbocycles. The van der Waals surface area contributed by atoms with Crippen LogP contribution in [-0.4, -0.2) is 29.2 Å². The van der Waals surface area contributed by atoms with Gasteiger partial charge in [0.05, 0.1) is 17.5 Å². The molecule has 1 atom stereocenters. The second kappa shape index (κ2) is 4.84. The standard InChI is InChI=1S/C15H21N3O/c1-2-11(19-7-1)8-14-17-13-5-6-16-9-12(13)15(18-14)10-3-4-10/h10-11,16H,1-9H2. The topological polar surface area (TPSA) is 47.0 Å². The molecule has 0 spiro atoms. The molecule has 0 aromatic carbocycles. The Bertz CT molecular complexity index is 479. The van der Waals surface area contributed by atoms with Gasteiger partial charge in [-0.15, -0.1) is 0 Å². The largest absolute Gasteiger partial charge is 0.378 e. The number of aromatic nitrogens is 2. The lowest BCUT2D eigenvalue weighted by molar-refractivity contribution is 0.109. The molecule has 1 aliphatic carbocycles. The van der Waals surface area contributed by atoms with Gasteiger partial charge in [0.25, 0.3) is 0 Å². The van der Waals surface area contributed by atoms with Gasteiger partial charge in [-0.25, -0.2) is 9.97 Å². The highest BCUT2D eigenvalue weighted by Crippen LogP contribution is 2.41. The van der Waals surface area contributed by atoms with E-state index in [4.69, 9.17) is 14.7 Å². The lowest BCUT2D eigenvalue weighted by atomic mass is 10.0. The third-order valence-electron chi connectivity index (χ3n) is 4.41. The zero-order chi connectivity index (χ0) is 12.7. The summed E-state index contributed by atoms with van der Waals surface area (Å²) in [5.41, 5.74) is 4.03. The zero-order valence-electron chi connectivity index (χ0n) is 11.3. The summed E-state index contributed by atoms with van der Waals surface area (Å²) >= 11 is 0. The maximum Gasteiger partial charge on any atom is 0.131 e. The van der Waals surface area contributed by atoms with Crippen molar-refractivity contribution < 1.29 is 4.74 Å². The van der Waals surface area contributed by atoms with Crippen LogP contribution in [0.25, 0.3) is 0 Å². The Morgan fingerprint density at radius 2 is 2.16 bits per heavy atom. The van der Waals surface area contributed by atoms with Gasteiger partial charge in [-0.2, -0.15) is 0 Å². The molecule has 4 nitrogen and oxygen atoms in total. The molecule has 1 N–H and O–H groups in total. The van der Waals surface area contributed by atoms with Crippen LogP contribution in [-0.2, 0) is 24.1 Å². The Morgan fingerprint density at radius 1 is 1.21 bits per heavy atom. The minimum absolute atomic E-state index is 0.354. The van der Waals surface area contributed by atoms with Crippen molar-refractivity contribution in [3.05, 3.63) is 22.8 Å². The van der Waals surface area contributed by atoms with Crippen LogP contribution < -0.4 is 5.32 Å². The minimum atomic E-state index is 0.354. The quantitative estimate of drug-likeness (QED) is 0.898. The first-order chi connectivity index (χ1) is 9.40. The van der Waals surface area contributed by atoms with Crippen molar-refractivity contribution in [1.82, 2.24) is 15.3 Å². The van der Waals surface area contributed by atoms with E-state index in [9.17, 15) is 0 Å². The number of hydrogen-bond donors (Lipinski definition) is 1. The fourth-order valence-corrected chi connectivity index (χ4v) is 3.22. The maximum absolute atomic E-state index is 5.72. The molecule has 3 heterocycles. The molecule has 4 heteroatoms. The molecule has 0 radical (unpaired) electrons. The number of nitrogens with one attached hydrogen (secondary N) is 1. The predicted molar refractivity (Wildman–Crippen MR) is 72.1 cm³/mol. The smallest absolute Gasteiger partial charge is 0.131 e. The average Bonchev–Trinajstić information content (AvgIpc) is 3.16. The Balaban J connectivity index is 1.65. The van der Waals surface area contributed by atoms with E-state index in [0.29, 0.717) is 12.0 Å². The van der Waals surface area contributed by atoms with E-state index < -0.39 is 0 Å². The third kappa shape index (κ3) is 2.39. The van der Waals surface area contributed by atoms with Crippen LogP contribution in [0.2, 0.25) is 0 Å². The van der Waals surface area contributed by atoms with Crippen molar-refractivity contribution in [3.63, 3.8) is 0 Å². The fraction of sp³-hybridized carbons (Fsp3) is 0.733. The molecule has 1 unspecified atom stereocenters. The van der Waals surface area contributed by atoms with Crippen molar-refractivity contribution >= 4 is 0 Å². The van der Waals surface area contributed by atoms with Crippen molar-refractivity contribution in [3.8, 4) is 0 Å². The van der Waals surface area contributed by atoms with Gasteiger partial charge in [0.2, 0.25) is 0 Å². The van der Waals surface area contributed by atoms with Crippen molar-refractivity contribution in [2.45, 2.75) is 57.1 Å². The second-order valence-electron chi connectivity index (χ2n) is 5.99. The highest BCUT2D eigenvalue weighted by atomic mass is 16.5. The normalized spacial score (nSPS) is 26.4. The molecular formula is C15H21N3O. The summed E-state index contributed by atoms with van der Waals surface area (Å²) in [4.78, 5) is 9.70. The lowest BCUT2D eigenvalue weighted by Crippen LogP contribution is -2.27. The van der Waals surface area contributed by atoms with Crippen LogP contribution in [0, 0.1) is 0 Å². The molecule has 4 rings (SSSR count). The lowest BCUT2D eigenvalue weighted by Gasteiger charge is -2.20. The number of ether oxygens (including phenoxy) is 1. The zero-order valence-corrected chi connectivity index (χ0v) is 11.3. The van der Waals surface area contributed by atoms with Crippen LogP contribution in [0.5, 0.6) is 0 Å². The maximum atomic E-state index is 5.72. The van der Waals surface area contributed by atoms with Gasteiger partial charge >= 0.3 is 0 Å². The van der Waals surface area contributed by atoms with E-state index in [1.807, 2.05) is 0 Å². The Hall–Kier alpha value is -1.00. The Morgan fingerprint density at radius 3 is 2.95 bits per heavy atom. The van der Waals surface area contributed by atoms with Crippen molar-refractivity contribution in [1.29, 1.82) is 0 Å². The van der Waals surface area contributed by atoms with Crippen molar-refractivity contribution in [2.24, 2.45) is 0 Å². The number of hydrogen-bond acceptors (Lipinski definition) is 4. The monoisotopic (exact) mass is 259 g/mol. The van der Waals surface area contributed by atoms with E-state index in [2.05, 4.69) is 5.32 Å². The van der Waals surface area contributed by atoms with Crippen LogP contribution in [0.4, 0.5) is 0 Å². The van der Waals surface area contributed by atoms with Gasteiger partial charge in [0.1, 0.15) is 5.82 Å². The molecule has 1 aromatic rings. The van der Waals surface area contributed by atoms with E-state index in [-0.39, 0.29) is 0 Å². The van der Waals surface area contributed by atoms with Crippen LogP contribution >= 0.6 is 0 Å². The van der Waals surface area contributed by atoms with Crippen molar-refractivity contribution in [2.75, 3.05) is 13.2 Å². The van der Waals surface area contributed by atoms with E-state index in [1.165, 1.54) is 42.6 Å². The highest BCUT2D eigenvalue weighted by molar-refractivity contribution is 5.33. The molecule has 2 aliphatic heterocycles. The highest BCUT2D eigenvalue weighted by Gasteiger charge is 2.31. The Kier molecular flexibility index (Phi) is 3.00. The number of fused-ring (bicyclic) bond motifs is 1. The van der Waals surface area contributed by atoms with Gasteiger partial charge < -0.3 is 10.1 Å². The summed E-state index contributed by atoms with van der Waals surface area (Å²) in [6.07, 6.45) is 7.28. The summed E-state index contributed by atoms with van der Waals surface area (Å²) < 4.78 is 5.72. The van der Waals surface area contributed by atoms with Crippen LogP contribution in [0.15, 0.2) is 0 Å². The summed E-state index contributed by atoms with van der Waals surface area (Å²) in [7, 11) is 0. The predicted octanol–water partition coefficient (Wildman–Crippen LogP) is 1.72. The SMILES string of the molecule is C1COC(Cc2nc3c(c(C4CC4)n2)CNCC3)C1. The summed E-state index contributed by atoms with van der Waals surface area (Å²) in [6.45, 7) is 2.92. The van der Waals surface area contributed by atoms with Gasteiger partial charge in [0.15, 0.2) is 0 Å². The number of rotatable bonds is 3. The summed E-state index contributed by atoms with van der Waals surface area (Å²) in [5.74, 6) is 1.73. The van der Waals surface area contributed by atoms with Gasteiger partial charge in [-0.05, 0) is 25.7 Å². The molecule has 1 saturated heterocycles. The summed E-state index contributed by atoms with van der Waals surface area (Å²) in [6, 6.07) is 0. The van der Waals surface area contributed by atoms with Crippen LogP contribution in [0.3, 0.4) is 0 Å². The fourth-order valence-electron chi connectivity index (χ4n) is 3.22. The average molecular weight is 259 g/mol. The first-order valence-corrected chi connectivity index (χ1v) is 7.61. The first-order valence-electron chi connectivity index (χ1n) is 7.61. The van der Waals surface area contributed by atoms with Gasteiger partial charge in [-0.1, -0.05) is 0 Å². The molecule has 1 aromatic heterocycles. The molecular weight excluding hydrogens is 238 g/mol. The van der Waals surface area contributed by atoms with E-state index in [1.54, 1.807) is 0 Å². The molecule has 0 amide bonds. The molecule has 0 bridgehead atoms. The van der Waals surface area contributed by atoms with E-state index >= 15 is 0 Å². The molecule has 2 fully saturated rings. The molecule has 102 valence electrons. The number of nitrogens with zero attached hydrogens (tertiary/aromatic N) is 2. The summed E-state index contributed by atoms with van der Waals surface area (Å²) in [5, 5.41) is 3.45. The first kappa shape index (κ1) is 11.8.